The molecule has 0 aliphatic heterocycles. The SMILES string of the molecule is Nc1ncnc2scc(-c3ccoc3)c12. The van der Waals surface area contributed by atoms with Gasteiger partial charge in [0, 0.05) is 16.5 Å². The maximum Gasteiger partial charge on any atom is 0.136 e. The molecule has 0 aromatic carbocycles. The summed E-state index contributed by atoms with van der Waals surface area (Å²) < 4.78 is 5.05. The average Bonchev–Trinajstić information content (AvgIpc) is 2.85. The number of fused-ring (bicyclic) bond motifs is 1. The van der Waals surface area contributed by atoms with E-state index >= 15 is 0 Å². The first-order valence-electron chi connectivity index (χ1n) is 4.36. The van der Waals surface area contributed by atoms with Crippen LogP contribution in [0.4, 0.5) is 5.82 Å². The van der Waals surface area contributed by atoms with Crippen molar-refractivity contribution in [1.82, 2.24) is 9.97 Å². The number of nitrogens with two attached hydrogens (primary N) is 1. The van der Waals surface area contributed by atoms with E-state index in [2.05, 4.69) is 9.97 Å². The maximum absolute atomic E-state index is 5.83. The van der Waals surface area contributed by atoms with Gasteiger partial charge in [-0.25, -0.2) is 9.97 Å². The minimum Gasteiger partial charge on any atom is -0.472 e. The fourth-order valence-electron chi connectivity index (χ4n) is 1.53. The van der Waals surface area contributed by atoms with Gasteiger partial charge in [-0.3, -0.25) is 0 Å². The normalized spacial score (nSPS) is 10.9. The average molecular weight is 217 g/mol. The molecular formula is C10H7N3OS. The number of nitrogen functional groups attached to an aromatic ring is 1. The zero-order chi connectivity index (χ0) is 10.3. The Hall–Kier alpha value is -1.88. The number of thiophene rings is 1. The van der Waals surface area contributed by atoms with E-state index < -0.39 is 0 Å². The molecular weight excluding hydrogens is 210 g/mol. The van der Waals surface area contributed by atoms with Crippen LogP contribution in [0.5, 0.6) is 0 Å². The van der Waals surface area contributed by atoms with Crippen LogP contribution in [0.2, 0.25) is 0 Å². The van der Waals surface area contributed by atoms with Crippen molar-refractivity contribution >= 4 is 27.4 Å². The summed E-state index contributed by atoms with van der Waals surface area (Å²) in [5.74, 6) is 0.512. The highest BCUT2D eigenvalue weighted by Gasteiger charge is 2.11. The van der Waals surface area contributed by atoms with E-state index in [9.17, 15) is 0 Å². The Balaban J connectivity index is 2.37. The Morgan fingerprint density at radius 1 is 1.33 bits per heavy atom. The predicted octanol–water partition coefficient (Wildman–Crippen LogP) is 2.53. The van der Waals surface area contributed by atoms with E-state index in [-0.39, 0.29) is 0 Å². The van der Waals surface area contributed by atoms with Crippen molar-refractivity contribution in [1.29, 1.82) is 0 Å². The molecule has 0 saturated heterocycles. The summed E-state index contributed by atoms with van der Waals surface area (Å²) >= 11 is 1.55. The van der Waals surface area contributed by atoms with Gasteiger partial charge in [0.05, 0.1) is 17.9 Å². The molecule has 0 saturated carbocycles. The van der Waals surface area contributed by atoms with E-state index in [0.29, 0.717) is 5.82 Å². The Kier molecular flexibility index (Phi) is 1.72. The summed E-state index contributed by atoms with van der Waals surface area (Å²) in [6, 6.07) is 1.90. The number of nitrogens with zero attached hydrogens (tertiary/aromatic N) is 2. The summed E-state index contributed by atoms with van der Waals surface area (Å²) in [4.78, 5) is 9.06. The first-order valence-corrected chi connectivity index (χ1v) is 5.24. The molecule has 15 heavy (non-hydrogen) atoms. The lowest BCUT2D eigenvalue weighted by atomic mass is 10.1. The van der Waals surface area contributed by atoms with Crippen LogP contribution in [0.15, 0.2) is 34.7 Å². The Morgan fingerprint density at radius 2 is 2.27 bits per heavy atom. The third-order valence-corrected chi connectivity index (χ3v) is 3.12. The molecule has 2 N–H and O–H groups in total. The highest BCUT2D eigenvalue weighted by molar-refractivity contribution is 7.17. The van der Waals surface area contributed by atoms with Crippen LogP contribution in [0.25, 0.3) is 21.3 Å². The lowest BCUT2D eigenvalue weighted by Gasteiger charge is -1.97. The van der Waals surface area contributed by atoms with Crippen LogP contribution in [0, 0.1) is 0 Å². The van der Waals surface area contributed by atoms with Crippen molar-refractivity contribution in [2.75, 3.05) is 5.73 Å². The number of furan rings is 1. The van der Waals surface area contributed by atoms with E-state index in [1.807, 2.05) is 11.4 Å². The smallest absolute Gasteiger partial charge is 0.136 e. The van der Waals surface area contributed by atoms with E-state index in [1.165, 1.54) is 6.33 Å². The number of hydrogen-bond donors (Lipinski definition) is 1. The predicted molar refractivity (Wildman–Crippen MR) is 59.5 cm³/mol. The van der Waals surface area contributed by atoms with Crippen LogP contribution in [-0.2, 0) is 0 Å². The zero-order valence-electron chi connectivity index (χ0n) is 7.68. The highest BCUT2D eigenvalue weighted by Crippen LogP contribution is 2.35. The molecule has 0 amide bonds. The van der Waals surface area contributed by atoms with Crippen molar-refractivity contribution in [2.24, 2.45) is 0 Å². The van der Waals surface area contributed by atoms with E-state index in [4.69, 9.17) is 10.2 Å². The quantitative estimate of drug-likeness (QED) is 0.680. The fraction of sp³-hybridized carbons (Fsp3) is 0. The van der Waals surface area contributed by atoms with Crippen molar-refractivity contribution in [3.8, 4) is 11.1 Å². The van der Waals surface area contributed by atoms with Gasteiger partial charge in [-0.1, -0.05) is 0 Å². The van der Waals surface area contributed by atoms with Gasteiger partial charge in [-0.05, 0) is 6.07 Å². The molecule has 3 aromatic heterocycles. The molecule has 0 aliphatic carbocycles. The third kappa shape index (κ3) is 1.20. The molecule has 0 radical (unpaired) electrons. The Bertz CT molecular complexity index is 600. The third-order valence-electron chi connectivity index (χ3n) is 2.23. The van der Waals surface area contributed by atoms with E-state index in [0.717, 1.165) is 21.3 Å². The number of anilines is 1. The summed E-state index contributed by atoms with van der Waals surface area (Å²) in [6.07, 6.45) is 4.81. The van der Waals surface area contributed by atoms with Gasteiger partial charge in [0.15, 0.2) is 0 Å². The molecule has 0 spiro atoms. The summed E-state index contributed by atoms with van der Waals surface area (Å²) in [5.41, 5.74) is 7.86. The van der Waals surface area contributed by atoms with Crippen molar-refractivity contribution in [3.63, 3.8) is 0 Å². The number of hydrogen-bond acceptors (Lipinski definition) is 5. The molecule has 0 bridgehead atoms. The standard InChI is InChI=1S/C10H7N3OS/c11-9-8-7(6-1-2-14-3-6)4-15-10(8)13-5-12-9/h1-5H,(H2,11,12,13). The van der Waals surface area contributed by atoms with Crippen molar-refractivity contribution in [2.45, 2.75) is 0 Å². The largest absolute Gasteiger partial charge is 0.472 e. The molecule has 4 nitrogen and oxygen atoms in total. The number of aromatic nitrogens is 2. The molecule has 5 heteroatoms. The van der Waals surface area contributed by atoms with Gasteiger partial charge in [-0.15, -0.1) is 11.3 Å². The Labute approximate surface area is 89.4 Å². The molecule has 0 aliphatic rings. The van der Waals surface area contributed by atoms with Gasteiger partial charge in [0.1, 0.15) is 17.0 Å². The molecule has 0 fully saturated rings. The minimum atomic E-state index is 0.512. The van der Waals surface area contributed by atoms with Crippen LogP contribution in [-0.4, -0.2) is 9.97 Å². The summed E-state index contributed by atoms with van der Waals surface area (Å²) in [5, 5.41) is 2.92. The Morgan fingerprint density at radius 3 is 3.07 bits per heavy atom. The molecule has 3 rings (SSSR count). The minimum absolute atomic E-state index is 0.512. The molecule has 3 heterocycles. The summed E-state index contributed by atoms with van der Waals surface area (Å²) in [7, 11) is 0. The second-order valence-electron chi connectivity index (χ2n) is 3.10. The van der Waals surface area contributed by atoms with Crippen LogP contribution >= 0.6 is 11.3 Å². The molecule has 3 aromatic rings. The van der Waals surface area contributed by atoms with Gasteiger partial charge in [0.2, 0.25) is 0 Å². The van der Waals surface area contributed by atoms with Crippen LogP contribution in [0.3, 0.4) is 0 Å². The lowest BCUT2D eigenvalue weighted by molar-refractivity contribution is 0.568. The fourth-order valence-corrected chi connectivity index (χ4v) is 2.45. The first kappa shape index (κ1) is 8.43. The van der Waals surface area contributed by atoms with Crippen molar-refractivity contribution < 1.29 is 4.42 Å². The number of rotatable bonds is 1. The summed E-state index contributed by atoms with van der Waals surface area (Å²) in [6.45, 7) is 0. The van der Waals surface area contributed by atoms with Crippen molar-refractivity contribution in [3.05, 3.63) is 30.3 Å². The van der Waals surface area contributed by atoms with E-state index in [1.54, 1.807) is 23.9 Å². The topological polar surface area (TPSA) is 64.9 Å². The molecule has 0 unspecified atom stereocenters. The maximum atomic E-state index is 5.83. The molecule has 74 valence electrons. The lowest BCUT2D eigenvalue weighted by Crippen LogP contribution is -1.91. The highest BCUT2D eigenvalue weighted by atomic mass is 32.1. The van der Waals surface area contributed by atoms with Crippen LogP contribution < -0.4 is 5.73 Å². The van der Waals surface area contributed by atoms with Gasteiger partial charge >= 0.3 is 0 Å². The van der Waals surface area contributed by atoms with Crippen LogP contribution in [0.1, 0.15) is 0 Å². The first-order chi connectivity index (χ1) is 7.36. The van der Waals surface area contributed by atoms with Gasteiger partial charge in [-0.2, -0.15) is 0 Å². The molecule has 0 atom stereocenters. The second-order valence-corrected chi connectivity index (χ2v) is 3.96. The monoisotopic (exact) mass is 217 g/mol. The van der Waals surface area contributed by atoms with Gasteiger partial charge < -0.3 is 10.2 Å². The second kappa shape index (κ2) is 3.06. The zero-order valence-corrected chi connectivity index (χ0v) is 8.49. The van der Waals surface area contributed by atoms with Gasteiger partial charge in [0.25, 0.3) is 0 Å².